The van der Waals surface area contributed by atoms with Crippen LogP contribution in [0.1, 0.15) is 23.1 Å². The number of aromatic nitrogens is 3. The lowest BCUT2D eigenvalue weighted by molar-refractivity contribution is -0.146. The van der Waals surface area contributed by atoms with Crippen LogP contribution in [-0.2, 0) is 6.18 Å². The van der Waals surface area contributed by atoms with Crippen LogP contribution in [0.4, 0.5) is 22.0 Å². The van der Waals surface area contributed by atoms with Gasteiger partial charge in [0.1, 0.15) is 5.75 Å². The summed E-state index contributed by atoms with van der Waals surface area (Å²) in [4.78, 5) is 12.4. The Balaban J connectivity index is 2.42. The second-order valence-electron chi connectivity index (χ2n) is 4.53. The first-order valence-electron chi connectivity index (χ1n) is 6.84. The summed E-state index contributed by atoms with van der Waals surface area (Å²) in [6.07, 6.45) is -4.88. The Bertz CT molecular complexity index is 799. The summed E-state index contributed by atoms with van der Waals surface area (Å²) in [5, 5.41) is 6.21. The van der Waals surface area contributed by atoms with Crippen molar-refractivity contribution in [1.82, 2.24) is 14.9 Å². The average molecular weight is 461 g/mol. The smallest absolute Gasteiger partial charge is 0.434 e. The van der Waals surface area contributed by atoms with E-state index in [1.807, 2.05) is 5.43 Å². The van der Waals surface area contributed by atoms with Crippen LogP contribution in [-0.4, -0.2) is 33.1 Å². The van der Waals surface area contributed by atoms with Gasteiger partial charge in [0.2, 0.25) is 5.16 Å². The maximum Gasteiger partial charge on any atom is 0.453 e. The summed E-state index contributed by atoms with van der Waals surface area (Å²) in [6.45, 7) is -1.55. The van der Waals surface area contributed by atoms with E-state index < -0.39 is 35.8 Å². The van der Waals surface area contributed by atoms with E-state index in [1.54, 1.807) is 6.92 Å². The van der Waals surface area contributed by atoms with Gasteiger partial charge in [-0.2, -0.15) is 22.0 Å². The van der Waals surface area contributed by atoms with Crippen molar-refractivity contribution in [2.24, 2.45) is 0 Å². The Hall–Kier alpha value is -1.89. The number of thioether (sulfide) groups is 1. The second kappa shape index (κ2) is 8.20. The number of carbonyl (C=O) groups is 1. The first-order chi connectivity index (χ1) is 12.1. The van der Waals surface area contributed by atoms with Crippen molar-refractivity contribution < 1.29 is 31.5 Å². The van der Waals surface area contributed by atoms with Gasteiger partial charge in [-0.05, 0) is 24.0 Å². The Morgan fingerprint density at radius 3 is 2.65 bits per heavy atom. The van der Waals surface area contributed by atoms with Gasteiger partial charge >= 0.3 is 12.8 Å². The largest absolute Gasteiger partial charge is 0.453 e. The third-order valence-electron chi connectivity index (χ3n) is 2.78. The van der Waals surface area contributed by atoms with E-state index in [4.69, 9.17) is 0 Å². The van der Waals surface area contributed by atoms with E-state index in [-0.39, 0.29) is 5.16 Å². The molecule has 0 unspecified atom stereocenters. The summed E-state index contributed by atoms with van der Waals surface area (Å²) in [6, 6.07) is 3.56. The molecule has 0 aliphatic carbocycles. The highest BCUT2D eigenvalue weighted by atomic mass is 79.9. The second-order valence-corrected chi connectivity index (χ2v) is 6.68. The zero-order valence-electron chi connectivity index (χ0n) is 12.9. The minimum absolute atomic E-state index is 0.209. The summed E-state index contributed by atoms with van der Waals surface area (Å²) >= 11 is 3.96. The van der Waals surface area contributed by atoms with Crippen molar-refractivity contribution >= 4 is 33.6 Å². The SMILES string of the molecule is CCSc1nnc(C(F)(F)F)n1NC(=O)c1cc(Br)ccc1OC(F)F. The maximum absolute atomic E-state index is 13.1. The van der Waals surface area contributed by atoms with Crippen molar-refractivity contribution in [2.75, 3.05) is 11.2 Å². The lowest BCUT2D eigenvalue weighted by Crippen LogP contribution is -2.29. The molecule has 0 bridgehead atoms. The number of benzene rings is 1. The molecule has 1 heterocycles. The predicted octanol–water partition coefficient (Wildman–Crippen LogP) is 4.16. The van der Waals surface area contributed by atoms with Gasteiger partial charge in [0.25, 0.3) is 11.7 Å². The van der Waals surface area contributed by atoms with E-state index in [0.29, 0.717) is 14.9 Å². The zero-order chi connectivity index (χ0) is 19.5. The first-order valence-corrected chi connectivity index (χ1v) is 8.62. The van der Waals surface area contributed by atoms with Crippen LogP contribution >= 0.6 is 27.7 Å². The van der Waals surface area contributed by atoms with Gasteiger partial charge in [0.15, 0.2) is 0 Å². The minimum atomic E-state index is -4.88. The molecule has 0 fully saturated rings. The van der Waals surface area contributed by atoms with E-state index in [2.05, 4.69) is 30.9 Å². The highest BCUT2D eigenvalue weighted by molar-refractivity contribution is 9.10. The Labute approximate surface area is 156 Å². The topological polar surface area (TPSA) is 69.0 Å². The number of hydrogen-bond acceptors (Lipinski definition) is 5. The molecule has 0 atom stereocenters. The number of hydrogen-bond donors (Lipinski definition) is 1. The molecule has 2 aromatic rings. The first kappa shape index (κ1) is 20.4. The van der Waals surface area contributed by atoms with E-state index in [1.165, 1.54) is 6.07 Å². The number of amides is 1. The number of halogens is 6. The molecule has 1 aromatic carbocycles. The fraction of sp³-hybridized carbons (Fsp3) is 0.308. The molecule has 0 saturated carbocycles. The third kappa shape index (κ3) is 4.84. The van der Waals surface area contributed by atoms with Crippen LogP contribution < -0.4 is 10.2 Å². The average Bonchev–Trinajstić information content (AvgIpc) is 2.92. The van der Waals surface area contributed by atoms with Crippen molar-refractivity contribution in [2.45, 2.75) is 24.9 Å². The van der Waals surface area contributed by atoms with Crippen LogP contribution in [0, 0.1) is 0 Å². The molecule has 1 N–H and O–H groups in total. The van der Waals surface area contributed by atoms with Crippen LogP contribution in [0.25, 0.3) is 0 Å². The lowest BCUT2D eigenvalue weighted by Gasteiger charge is -2.15. The number of rotatable bonds is 6. The molecule has 0 radical (unpaired) electrons. The Morgan fingerprint density at radius 1 is 1.38 bits per heavy atom. The van der Waals surface area contributed by atoms with Gasteiger partial charge < -0.3 is 4.74 Å². The van der Waals surface area contributed by atoms with Crippen molar-refractivity contribution in [1.29, 1.82) is 0 Å². The molecule has 26 heavy (non-hydrogen) atoms. The standard InChI is InChI=1S/C13H10BrF5N4O2S/c1-2-26-12-21-20-10(13(17,18)19)23(12)22-9(24)7-5-6(14)3-4-8(7)25-11(15)16/h3-5,11H,2H2,1H3,(H,22,24). The molecule has 1 aromatic heterocycles. The highest BCUT2D eigenvalue weighted by Crippen LogP contribution is 2.30. The summed E-state index contributed by atoms with van der Waals surface area (Å²) in [5.41, 5.74) is 1.58. The van der Waals surface area contributed by atoms with E-state index >= 15 is 0 Å². The zero-order valence-corrected chi connectivity index (χ0v) is 15.3. The molecule has 0 saturated heterocycles. The molecular weight excluding hydrogens is 451 g/mol. The van der Waals surface area contributed by atoms with Gasteiger partial charge in [-0.25, -0.2) is 4.68 Å². The van der Waals surface area contributed by atoms with E-state index in [0.717, 1.165) is 23.9 Å². The molecule has 13 heteroatoms. The number of nitrogens with zero attached hydrogens (tertiary/aromatic N) is 3. The summed E-state index contributed by atoms with van der Waals surface area (Å²) < 4.78 is 69.1. The Kier molecular flexibility index (Phi) is 6.44. The molecular formula is C13H10BrF5N4O2S. The summed E-state index contributed by atoms with van der Waals surface area (Å²) in [5.74, 6) is -2.69. The third-order valence-corrected chi connectivity index (χ3v) is 4.08. The molecule has 0 aliphatic heterocycles. The monoisotopic (exact) mass is 460 g/mol. The van der Waals surface area contributed by atoms with Gasteiger partial charge in [-0.3, -0.25) is 10.2 Å². The number of carbonyl (C=O) groups excluding carboxylic acids is 1. The maximum atomic E-state index is 13.1. The molecule has 6 nitrogen and oxygen atoms in total. The van der Waals surface area contributed by atoms with Gasteiger partial charge in [0.05, 0.1) is 5.56 Å². The van der Waals surface area contributed by atoms with Gasteiger partial charge in [-0.15, -0.1) is 10.2 Å². The van der Waals surface area contributed by atoms with E-state index in [9.17, 15) is 26.7 Å². The lowest BCUT2D eigenvalue weighted by atomic mass is 10.2. The van der Waals surface area contributed by atoms with Gasteiger partial charge in [0, 0.05) is 4.47 Å². The Morgan fingerprint density at radius 2 is 2.08 bits per heavy atom. The highest BCUT2D eigenvalue weighted by Gasteiger charge is 2.39. The molecule has 1 amide bonds. The van der Waals surface area contributed by atoms with Crippen LogP contribution in [0.15, 0.2) is 27.8 Å². The van der Waals surface area contributed by atoms with Crippen LogP contribution in [0.5, 0.6) is 5.75 Å². The molecule has 142 valence electrons. The van der Waals surface area contributed by atoms with Crippen LogP contribution in [0.2, 0.25) is 0 Å². The molecule has 0 aliphatic rings. The molecule has 2 rings (SSSR count). The van der Waals surface area contributed by atoms with Crippen molar-refractivity contribution in [3.63, 3.8) is 0 Å². The van der Waals surface area contributed by atoms with Crippen molar-refractivity contribution in [3.05, 3.63) is 34.1 Å². The number of nitrogens with one attached hydrogen (secondary N) is 1. The predicted molar refractivity (Wildman–Crippen MR) is 85.9 cm³/mol. The number of ether oxygens (including phenoxy) is 1. The quantitative estimate of drug-likeness (QED) is 0.517. The number of alkyl halides is 5. The van der Waals surface area contributed by atoms with Gasteiger partial charge in [-0.1, -0.05) is 34.6 Å². The fourth-order valence-electron chi connectivity index (χ4n) is 1.82. The normalized spacial score (nSPS) is 11.7. The van der Waals surface area contributed by atoms with Crippen LogP contribution in [0.3, 0.4) is 0 Å². The summed E-state index contributed by atoms with van der Waals surface area (Å²) in [7, 11) is 0. The van der Waals surface area contributed by atoms with Crippen molar-refractivity contribution in [3.8, 4) is 5.75 Å². The molecule has 0 spiro atoms. The minimum Gasteiger partial charge on any atom is -0.434 e. The fourth-order valence-corrected chi connectivity index (χ4v) is 2.80.